The average molecular weight is 637 g/mol. The van der Waals surface area contributed by atoms with Gasteiger partial charge in [-0.15, -0.1) is 0 Å². The van der Waals surface area contributed by atoms with E-state index in [1.807, 2.05) is 30.3 Å². The molecule has 224 valence electrons. The van der Waals surface area contributed by atoms with Crippen molar-refractivity contribution in [1.29, 1.82) is 0 Å². The molecule has 1 atom stereocenters. The third-order valence-electron chi connectivity index (χ3n) is 5.48. The Morgan fingerprint density at radius 3 is 2.27 bits per heavy atom. The molecule has 0 radical (unpaired) electrons. The fourth-order valence-electron chi connectivity index (χ4n) is 3.59. The van der Waals surface area contributed by atoms with E-state index in [0.29, 0.717) is 22.4 Å². The Hall–Kier alpha value is -3.76. The van der Waals surface area contributed by atoms with Gasteiger partial charge in [0.05, 0.1) is 0 Å². The summed E-state index contributed by atoms with van der Waals surface area (Å²) in [4.78, 5) is 52.8. The number of rotatable bonds is 14. The molecule has 41 heavy (non-hydrogen) atoms. The van der Waals surface area contributed by atoms with Crippen LogP contribution in [-0.4, -0.2) is 89.3 Å². The minimum atomic E-state index is -0.968. The van der Waals surface area contributed by atoms with E-state index in [9.17, 15) is 19.2 Å². The summed E-state index contributed by atoms with van der Waals surface area (Å²) >= 11 is -0.200. The van der Waals surface area contributed by atoms with Crippen molar-refractivity contribution in [3.05, 3.63) is 54.1 Å². The van der Waals surface area contributed by atoms with E-state index in [-0.39, 0.29) is 34.7 Å². The van der Waals surface area contributed by atoms with Crippen molar-refractivity contribution in [2.24, 2.45) is 0 Å². The molecule has 2 aromatic carbocycles. The molecule has 0 fully saturated rings. The fraction of sp³-hybridized carbons (Fsp3) is 0.448. The number of nitrogens with one attached hydrogen (secondary N) is 2. The van der Waals surface area contributed by atoms with Gasteiger partial charge in [-0.25, -0.2) is 0 Å². The predicted molar refractivity (Wildman–Crippen MR) is 154 cm³/mol. The van der Waals surface area contributed by atoms with Crippen LogP contribution in [0, 0.1) is 0 Å². The molecule has 0 aliphatic rings. The number of ether oxygens (including phenoxy) is 4. The number of hydrogen-bond acceptors (Lipinski definition) is 8. The second kappa shape index (κ2) is 16.5. The minimum absolute atomic E-state index is 0.00956. The van der Waals surface area contributed by atoms with Crippen molar-refractivity contribution < 1.29 is 38.1 Å². The summed E-state index contributed by atoms with van der Waals surface area (Å²) in [5.41, 5.74) is -0.133. The van der Waals surface area contributed by atoms with Gasteiger partial charge in [-0.2, -0.15) is 0 Å². The summed E-state index contributed by atoms with van der Waals surface area (Å²) in [6, 6.07) is 13.8. The van der Waals surface area contributed by atoms with Crippen LogP contribution in [0.25, 0.3) is 0 Å². The van der Waals surface area contributed by atoms with Crippen LogP contribution in [0.2, 0.25) is 5.32 Å². The first-order valence-electron chi connectivity index (χ1n) is 13.1. The molecule has 2 rings (SSSR count). The second-order valence-corrected chi connectivity index (χ2v) is 12.0. The number of esters is 1. The van der Waals surface area contributed by atoms with Crippen LogP contribution in [-0.2, 0) is 30.4 Å². The molecular weight excluding hydrogens is 597 g/mol. The van der Waals surface area contributed by atoms with Crippen molar-refractivity contribution in [1.82, 2.24) is 15.5 Å². The summed E-state index contributed by atoms with van der Waals surface area (Å²) in [5.74, 6) is -0.606. The maximum absolute atomic E-state index is 13.7. The van der Waals surface area contributed by atoms with Gasteiger partial charge in [0.1, 0.15) is 0 Å². The average Bonchev–Trinajstić information content (AvgIpc) is 2.94. The molecule has 0 aliphatic carbocycles. The molecule has 1 unspecified atom stereocenters. The third kappa shape index (κ3) is 11.7. The number of benzene rings is 2. The fourth-order valence-corrected chi connectivity index (χ4v) is 5.75. The van der Waals surface area contributed by atoms with Gasteiger partial charge in [0.2, 0.25) is 0 Å². The third-order valence-corrected chi connectivity index (χ3v) is 7.76. The van der Waals surface area contributed by atoms with Gasteiger partial charge >= 0.3 is 248 Å². The van der Waals surface area contributed by atoms with Crippen molar-refractivity contribution in [2.75, 3.05) is 33.9 Å². The van der Waals surface area contributed by atoms with Crippen LogP contribution < -0.4 is 24.6 Å². The van der Waals surface area contributed by atoms with Crippen LogP contribution in [0.5, 0.6) is 11.5 Å². The number of methoxy groups -OCH3 is 2. The Morgan fingerprint density at radius 2 is 1.66 bits per heavy atom. The van der Waals surface area contributed by atoms with Crippen LogP contribution in [0.15, 0.2) is 48.5 Å². The normalized spacial score (nSPS) is 11.6. The van der Waals surface area contributed by atoms with Crippen LogP contribution in [0.4, 0.5) is 4.79 Å². The number of nitrogens with zero attached hydrogens (tertiary/aromatic N) is 1. The van der Waals surface area contributed by atoms with Crippen molar-refractivity contribution in [2.45, 2.75) is 51.2 Å². The molecule has 0 bridgehead atoms. The second-order valence-electron chi connectivity index (χ2n) is 9.72. The van der Waals surface area contributed by atoms with E-state index >= 15 is 0 Å². The molecule has 0 aromatic heterocycles. The zero-order valence-corrected chi connectivity index (χ0v) is 26.1. The quantitative estimate of drug-likeness (QED) is 0.238. The van der Waals surface area contributed by atoms with Gasteiger partial charge in [-0.1, -0.05) is 0 Å². The van der Waals surface area contributed by atoms with E-state index in [4.69, 9.17) is 18.9 Å². The van der Waals surface area contributed by atoms with Gasteiger partial charge in [0.25, 0.3) is 0 Å². The number of carbonyl (C=O) groups is 4. The zero-order chi connectivity index (χ0) is 30.4. The standard InChI is InChI=1S/C29H39N3O8Se/c1-7-39-26(34)17-30-27(35)23(19-41-22-11-9-8-10-12-22)32(25(33)16-31-28(36)40-29(2,3)4)18-20-13-14-21(37-5)15-24(20)38-6/h8-15,23H,7,16-19H2,1-6H3,(H,30,35)(H,31,36). The van der Waals surface area contributed by atoms with Crippen molar-refractivity contribution >= 4 is 43.3 Å². The van der Waals surface area contributed by atoms with Crippen LogP contribution in [0.3, 0.4) is 0 Å². The summed E-state index contributed by atoms with van der Waals surface area (Å²) in [5, 5.41) is 5.40. The number of amides is 3. The molecular formula is C29H39N3O8Se. The molecule has 2 aromatic rings. The van der Waals surface area contributed by atoms with Crippen LogP contribution in [0.1, 0.15) is 33.3 Å². The SMILES string of the molecule is CCOC(=O)CNC(=O)C(C[Se]c1ccccc1)N(Cc1ccc(OC)cc1OC)C(=O)CNC(=O)OC(C)(C)C. The van der Waals surface area contributed by atoms with E-state index < -0.39 is 42.1 Å². The molecule has 0 saturated carbocycles. The maximum atomic E-state index is 13.7. The van der Waals surface area contributed by atoms with E-state index in [0.717, 1.165) is 4.46 Å². The molecule has 0 saturated heterocycles. The molecule has 2 N–H and O–H groups in total. The summed E-state index contributed by atoms with van der Waals surface area (Å²) in [6.07, 6.45) is -0.760. The van der Waals surface area contributed by atoms with Gasteiger partial charge in [0, 0.05) is 0 Å². The topological polar surface area (TPSA) is 132 Å². The number of hydrogen-bond donors (Lipinski definition) is 2. The Bertz CT molecular complexity index is 1170. The van der Waals surface area contributed by atoms with Crippen LogP contribution >= 0.6 is 0 Å². The molecule has 12 heteroatoms. The predicted octanol–water partition coefficient (Wildman–Crippen LogP) is 2.05. The Labute approximate surface area is 247 Å². The van der Waals surface area contributed by atoms with E-state index in [1.54, 1.807) is 45.9 Å². The van der Waals surface area contributed by atoms with Crippen molar-refractivity contribution in [3.63, 3.8) is 0 Å². The Kier molecular flexibility index (Phi) is 13.5. The van der Waals surface area contributed by atoms with Crippen molar-refractivity contribution in [3.8, 4) is 11.5 Å². The first-order valence-corrected chi connectivity index (χ1v) is 15.1. The Balaban J connectivity index is 2.41. The zero-order valence-electron chi connectivity index (χ0n) is 24.4. The molecule has 3 amide bonds. The van der Waals surface area contributed by atoms with E-state index in [2.05, 4.69) is 10.6 Å². The first-order chi connectivity index (χ1) is 19.5. The number of carbonyl (C=O) groups excluding carboxylic acids is 4. The molecule has 11 nitrogen and oxygen atoms in total. The molecule has 0 spiro atoms. The van der Waals surface area contributed by atoms with E-state index in [1.165, 1.54) is 19.1 Å². The molecule has 0 heterocycles. The summed E-state index contributed by atoms with van der Waals surface area (Å²) in [7, 11) is 3.03. The van der Waals surface area contributed by atoms with Gasteiger partial charge in [-0.05, 0) is 0 Å². The number of alkyl carbamates (subject to hydrolysis) is 1. The summed E-state index contributed by atoms with van der Waals surface area (Å²) in [6.45, 7) is 6.23. The van der Waals surface area contributed by atoms with Gasteiger partial charge < -0.3 is 0 Å². The monoisotopic (exact) mass is 637 g/mol. The summed E-state index contributed by atoms with van der Waals surface area (Å²) < 4.78 is 22.1. The van der Waals surface area contributed by atoms with Gasteiger partial charge in [0.15, 0.2) is 0 Å². The first kappa shape index (κ1) is 33.4. The molecule has 0 aliphatic heterocycles. The Morgan fingerprint density at radius 1 is 0.951 bits per heavy atom. The van der Waals surface area contributed by atoms with Gasteiger partial charge in [-0.3, -0.25) is 0 Å².